The molecule has 7 heteroatoms. The van der Waals surface area contributed by atoms with Gasteiger partial charge in [0.05, 0.1) is 0 Å². The lowest BCUT2D eigenvalue weighted by Gasteiger charge is -2.16. The van der Waals surface area contributed by atoms with Crippen LogP contribution in [0.1, 0.15) is 26.2 Å². The zero-order valence-electron chi connectivity index (χ0n) is 10.2. The molecule has 0 aliphatic carbocycles. The third-order valence-corrected chi connectivity index (χ3v) is 2.41. The SMILES string of the molecule is C=C(CC)C(NC(=O)CCC(N)C(=O)O)C(=O)O. The van der Waals surface area contributed by atoms with Gasteiger partial charge in [-0.25, -0.2) is 4.79 Å². The van der Waals surface area contributed by atoms with Crippen molar-refractivity contribution in [1.29, 1.82) is 0 Å². The summed E-state index contributed by atoms with van der Waals surface area (Å²) >= 11 is 0. The van der Waals surface area contributed by atoms with Crippen molar-refractivity contribution in [2.24, 2.45) is 5.73 Å². The first-order valence-corrected chi connectivity index (χ1v) is 5.47. The van der Waals surface area contributed by atoms with E-state index in [1.54, 1.807) is 6.92 Å². The summed E-state index contributed by atoms with van der Waals surface area (Å²) in [5.41, 5.74) is 5.60. The van der Waals surface area contributed by atoms with Gasteiger partial charge in [-0.3, -0.25) is 9.59 Å². The summed E-state index contributed by atoms with van der Waals surface area (Å²) < 4.78 is 0. The normalized spacial score (nSPS) is 13.4. The molecule has 0 fully saturated rings. The fourth-order valence-corrected chi connectivity index (χ4v) is 1.19. The molecule has 0 aromatic heterocycles. The van der Waals surface area contributed by atoms with Crippen molar-refractivity contribution in [1.82, 2.24) is 5.32 Å². The number of carboxylic acids is 2. The van der Waals surface area contributed by atoms with E-state index in [4.69, 9.17) is 15.9 Å². The molecule has 0 aromatic rings. The summed E-state index contributed by atoms with van der Waals surface area (Å²) in [6, 6.07) is -2.28. The zero-order valence-corrected chi connectivity index (χ0v) is 10.2. The average Bonchev–Trinajstić information content (AvgIpc) is 2.31. The third-order valence-electron chi connectivity index (χ3n) is 2.41. The molecule has 0 rings (SSSR count). The molecule has 0 saturated carbocycles. The molecule has 0 aromatic carbocycles. The van der Waals surface area contributed by atoms with E-state index in [0.29, 0.717) is 12.0 Å². The Kier molecular flexibility index (Phi) is 6.66. The van der Waals surface area contributed by atoms with Crippen LogP contribution < -0.4 is 11.1 Å². The lowest BCUT2D eigenvalue weighted by Crippen LogP contribution is -2.42. The third kappa shape index (κ3) is 5.44. The summed E-state index contributed by atoms with van der Waals surface area (Å²) in [4.78, 5) is 32.8. The fourth-order valence-electron chi connectivity index (χ4n) is 1.19. The molecule has 0 heterocycles. The number of hydrogen-bond acceptors (Lipinski definition) is 4. The molecule has 0 radical (unpaired) electrons. The fraction of sp³-hybridized carbons (Fsp3) is 0.545. The number of rotatable bonds is 8. The van der Waals surface area contributed by atoms with Crippen molar-refractivity contribution < 1.29 is 24.6 Å². The van der Waals surface area contributed by atoms with Crippen molar-refractivity contribution in [3.05, 3.63) is 12.2 Å². The summed E-state index contributed by atoms with van der Waals surface area (Å²) in [7, 11) is 0. The molecule has 1 amide bonds. The second-order valence-electron chi connectivity index (χ2n) is 3.83. The quantitative estimate of drug-likeness (QED) is 0.443. The molecular formula is C11H18N2O5. The minimum Gasteiger partial charge on any atom is -0.480 e. The maximum atomic E-state index is 11.4. The van der Waals surface area contributed by atoms with Crippen LogP contribution >= 0.6 is 0 Å². The summed E-state index contributed by atoms with van der Waals surface area (Å²) in [6.07, 6.45) is 0.228. The van der Waals surface area contributed by atoms with E-state index in [1.807, 2.05) is 0 Å². The van der Waals surface area contributed by atoms with Crippen LogP contribution in [0.2, 0.25) is 0 Å². The van der Waals surface area contributed by atoms with Crippen LogP contribution in [0.25, 0.3) is 0 Å². The van der Waals surface area contributed by atoms with E-state index in [9.17, 15) is 14.4 Å². The zero-order chi connectivity index (χ0) is 14.3. The van der Waals surface area contributed by atoms with Crippen molar-refractivity contribution in [3.63, 3.8) is 0 Å². The molecule has 18 heavy (non-hydrogen) atoms. The van der Waals surface area contributed by atoms with Crippen LogP contribution in [-0.4, -0.2) is 40.1 Å². The lowest BCUT2D eigenvalue weighted by molar-refractivity contribution is -0.141. The number of hydrogen-bond donors (Lipinski definition) is 4. The standard InChI is InChI=1S/C11H18N2O5/c1-3-6(2)9(11(17)18)13-8(14)5-4-7(12)10(15)16/h7,9H,2-5,12H2,1H3,(H,13,14)(H,15,16)(H,17,18). The molecule has 2 unspecified atom stereocenters. The van der Waals surface area contributed by atoms with E-state index in [-0.39, 0.29) is 12.8 Å². The minimum atomic E-state index is -1.20. The molecule has 0 saturated heterocycles. The molecule has 0 bridgehead atoms. The van der Waals surface area contributed by atoms with Crippen LogP contribution in [0.5, 0.6) is 0 Å². The molecule has 7 nitrogen and oxygen atoms in total. The van der Waals surface area contributed by atoms with Gasteiger partial charge in [0.25, 0.3) is 0 Å². The summed E-state index contributed by atoms with van der Waals surface area (Å²) in [5, 5.41) is 19.7. The van der Waals surface area contributed by atoms with Gasteiger partial charge in [-0.15, -0.1) is 0 Å². The van der Waals surface area contributed by atoms with Crippen molar-refractivity contribution >= 4 is 17.8 Å². The Hall–Kier alpha value is -1.89. The molecule has 5 N–H and O–H groups in total. The summed E-state index contributed by atoms with van der Waals surface area (Å²) in [6.45, 7) is 5.28. The first kappa shape index (κ1) is 16.1. The Bertz CT molecular complexity index is 353. The second kappa shape index (κ2) is 7.44. The van der Waals surface area contributed by atoms with E-state index < -0.39 is 29.9 Å². The van der Waals surface area contributed by atoms with Gasteiger partial charge in [0, 0.05) is 6.42 Å². The van der Waals surface area contributed by atoms with E-state index >= 15 is 0 Å². The number of carbonyl (C=O) groups is 3. The van der Waals surface area contributed by atoms with Gasteiger partial charge in [0.15, 0.2) is 0 Å². The van der Waals surface area contributed by atoms with Crippen molar-refractivity contribution in [3.8, 4) is 0 Å². The Balaban J connectivity index is 4.32. The van der Waals surface area contributed by atoms with Gasteiger partial charge in [0.1, 0.15) is 12.1 Å². The topological polar surface area (TPSA) is 130 Å². The van der Waals surface area contributed by atoms with Crippen LogP contribution in [0.3, 0.4) is 0 Å². The Morgan fingerprint density at radius 3 is 2.22 bits per heavy atom. The van der Waals surface area contributed by atoms with Gasteiger partial charge >= 0.3 is 11.9 Å². The number of carboxylic acid groups (broad SMARTS) is 2. The van der Waals surface area contributed by atoms with E-state index in [1.165, 1.54) is 0 Å². The maximum absolute atomic E-state index is 11.4. The van der Waals surface area contributed by atoms with Gasteiger partial charge < -0.3 is 21.3 Å². The molecule has 0 aliphatic heterocycles. The molecule has 0 spiro atoms. The van der Waals surface area contributed by atoms with Gasteiger partial charge in [-0.2, -0.15) is 0 Å². The number of carbonyl (C=O) groups excluding carboxylic acids is 1. The van der Waals surface area contributed by atoms with Crippen molar-refractivity contribution in [2.75, 3.05) is 0 Å². The Labute approximate surface area is 105 Å². The van der Waals surface area contributed by atoms with E-state index in [0.717, 1.165) is 0 Å². The van der Waals surface area contributed by atoms with Gasteiger partial charge in [0.2, 0.25) is 5.91 Å². The first-order valence-electron chi connectivity index (χ1n) is 5.47. The van der Waals surface area contributed by atoms with Crippen LogP contribution in [0.4, 0.5) is 0 Å². The van der Waals surface area contributed by atoms with E-state index in [2.05, 4.69) is 11.9 Å². The second-order valence-corrected chi connectivity index (χ2v) is 3.83. The average molecular weight is 258 g/mol. The number of amides is 1. The van der Waals surface area contributed by atoms with Gasteiger partial charge in [-0.1, -0.05) is 13.5 Å². The predicted molar refractivity (Wildman–Crippen MR) is 63.8 cm³/mol. The summed E-state index contributed by atoms with van der Waals surface area (Å²) in [5.74, 6) is -2.96. The smallest absolute Gasteiger partial charge is 0.330 e. The minimum absolute atomic E-state index is 0.0495. The molecule has 102 valence electrons. The number of nitrogens with two attached hydrogens (primary N) is 1. The monoisotopic (exact) mass is 258 g/mol. The van der Waals surface area contributed by atoms with Crippen LogP contribution in [0, 0.1) is 0 Å². The highest BCUT2D eigenvalue weighted by molar-refractivity contribution is 5.86. The molecule has 0 aliphatic rings. The maximum Gasteiger partial charge on any atom is 0.330 e. The highest BCUT2D eigenvalue weighted by atomic mass is 16.4. The Morgan fingerprint density at radius 2 is 1.83 bits per heavy atom. The van der Waals surface area contributed by atoms with Crippen LogP contribution in [0.15, 0.2) is 12.2 Å². The number of nitrogens with one attached hydrogen (secondary N) is 1. The molecular weight excluding hydrogens is 240 g/mol. The molecule has 2 atom stereocenters. The largest absolute Gasteiger partial charge is 0.480 e. The first-order chi connectivity index (χ1) is 8.29. The number of aliphatic carboxylic acids is 2. The van der Waals surface area contributed by atoms with Gasteiger partial charge in [-0.05, 0) is 18.4 Å². The van der Waals surface area contributed by atoms with Crippen molar-refractivity contribution in [2.45, 2.75) is 38.3 Å². The predicted octanol–water partition coefficient (Wildman–Crippen LogP) is -0.286. The lowest BCUT2D eigenvalue weighted by atomic mass is 10.1. The highest BCUT2D eigenvalue weighted by Gasteiger charge is 2.22. The Morgan fingerprint density at radius 1 is 1.28 bits per heavy atom. The highest BCUT2D eigenvalue weighted by Crippen LogP contribution is 2.05. The van der Waals surface area contributed by atoms with Crippen LogP contribution in [-0.2, 0) is 14.4 Å².